The van der Waals surface area contributed by atoms with E-state index in [-0.39, 0.29) is 5.91 Å². The average molecular weight is 353 g/mol. The van der Waals surface area contributed by atoms with Crippen molar-refractivity contribution in [3.63, 3.8) is 0 Å². The Morgan fingerprint density at radius 2 is 1.73 bits per heavy atom. The third kappa shape index (κ3) is 5.77. The number of esters is 1. The number of nitrogens with zero attached hydrogens (tertiary/aromatic N) is 1. The Hall–Kier alpha value is -3.08. The van der Waals surface area contributed by atoms with E-state index in [4.69, 9.17) is 9.47 Å². The molecule has 0 heterocycles. The van der Waals surface area contributed by atoms with Gasteiger partial charge >= 0.3 is 5.97 Å². The maximum atomic E-state index is 12.3. The molecule has 2 aromatic rings. The van der Waals surface area contributed by atoms with Gasteiger partial charge in [0, 0.05) is 19.7 Å². The van der Waals surface area contributed by atoms with Crippen molar-refractivity contribution in [3.05, 3.63) is 71.8 Å². The van der Waals surface area contributed by atoms with Gasteiger partial charge in [-0.3, -0.25) is 4.79 Å². The Kier molecular flexibility index (Phi) is 6.97. The molecule has 26 heavy (non-hydrogen) atoms. The topological polar surface area (TPSA) is 55.8 Å². The fourth-order valence-corrected chi connectivity index (χ4v) is 2.39. The summed E-state index contributed by atoms with van der Waals surface area (Å²) in [4.78, 5) is 25.8. The third-order valence-electron chi connectivity index (χ3n) is 3.81. The van der Waals surface area contributed by atoms with E-state index in [1.807, 2.05) is 42.5 Å². The second kappa shape index (κ2) is 9.42. The normalized spacial score (nSPS) is 11.8. The van der Waals surface area contributed by atoms with E-state index >= 15 is 0 Å². The summed E-state index contributed by atoms with van der Waals surface area (Å²) in [6.07, 6.45) is 2.09. The molecular formula is C21H23NO4. The van der Waals surface area contributed by atoms with Crippen LogP contribution in [0.4, 0.5) is 0 Å². The largest absolute Gasteiger partial charge is 0.497 e. The van der Waals surface area contributed by atoms with Gasteiger partial charge in [-0.05, 0) is 36.3 Å². The summed E-state index contributed by atoms with van der Waals surface area (Å²) < 4.78 is 10.3. The van der Waals surface area contributed by atoms with Crippen LogP contribution in [0.2, 0.25) is 0 Å². The number of methoxy groups -OCH3 is 1. The molecule has 1 atom stereocenters. The second-order valence-corrected chi connectivity index (χ2v) is 5.87. The molecule has 2 aromatic carbocycles. The molecule has 0 aromatic heterocycles. The molecule has 1 unspecified atom stereocenters. The summed E-state index contributed by atoms with van der Waals surface area (Å²) in [7, 11) is 3.28. The Balaban J connectivity index is 1.86. The first-order valence-corrected chi connectivity index (χ1v) is 8.31. The highest BCUT2D eigenvalue weighted by Gasteiger charge is 2.20. The Morgan fingerprint density at radius 1 is 1.08 bits per heavy atom. The smallest absolute Gasteiger partial charge is 0.331 e. The molecule has 1 amide bonds. The summed E-state index contributed by atoms with van der Waals surface area (Å²) in [6.45, 7) is 2.03. The van der Waals surface area contributed by atoms with Gasteiger partial charge < -0.3 is 14.4 Å². The summed E-state index contributed by atoms with van der Waals surface area (Å²) in [5.74, 6) is -0.0692. The zero-order valence-electron chi connectivity index (χ0n) is 15.2. The molecule has 5 nitrogen and oxygen atoms in total. The number of hydrogen-bond acceptors (Lipinski definition) is 4. The minimum Gasteiger partial charge on any atom is -0.497 e. The quantitative estimate of drug-likeness (QED) is 0.566. The maximum Gasteiger partial charge on any atom is 0.331 e. The lowest BCUT2D eigenvalue weighted by Gasteiger charge is -2.21. The monoisotopic (exact) mass is 353 g/mol. The first-order chi connectivity index (χ1) is 12.5. The van der Waals surface area contributed by atoms with Crippen molar-refractivity contribution in [2.75, 3.05) is 14.2 Å². The standard InChI is InChI=1S/C21H23NO4/c1-16(21(24)22(2)15-18-7-5-4-6-8-18)26-20(23)14-11-17-9-12-19(25-3)13-10-17/h4-14,16H,15H2,1-3H3/b14-11+. The molecule has 0 aliphatic carbocycles. The number of benzene rings is 2. The van der Waals surface area contributed by atoms with E-state index in [1.165, 1.54) is 6.08 Å². The second-order valence-electron chi connectivity index (χ2n) is 5.87. The van der Waals surface area contributed by atoms with Gasteiger partial charge in [-0.25, -0.2) is 4.79 Å². The van der Waals surface area contributed by atoms with E-state index in [1.54, 1.807) is 44.2 Å². The molecule has 0 saturated carbocycles. The van der Waals surface area contributed by atoms with Crippen molar-refractivity contribution in [1.82, 2.24) is 4.90 Å². The molecule has 2 rings (SSSR count). The SMILES string of the molecule is COc1ccc(/C=C/C(=O)OC(C)C(=O)N(C)Cc2ccccc2)cc1. The zero-order chi connectivity index (χ0) is 18.9. The lowest BCUT2D eigenvalue weighted by Crippen LogP contribution is -2.36. The van der Waals surface area contributed by atoms with Crippen molar-refractivity contribution < 1.29 is 19.1 Å². The van der Waals surface area contributed by atoms with Crippen molar-refractivity contribution in [1.29, 1.82) is 0 Å². The predicted molar refractivity (Wildman–Crippen MR) is 100 cm³/mol. The fourth-order valence-electron chi connectivity index (χ4n) is 2.39. The highest BCUT2D eigenvalue weighted by molar-refractivity contribution is 5.90. The van der Waals surface area contributed by atoms with Crippen LogP contribution in [0.5, 0.6) is 5.75 Å². The molecule has 136 valence electrons. The van der Waals surface area contributed by atoms with Gasteiger partial charge in [-0.15, -0.1) is 0 Å². The highest BCUT2D eigenvalue weighted by atomic mass is 16.5. The van der Waals surface area contributed by atoms with Crippen molar-refractivity contribution in [2.45, 2.75) is 19.6 Å². The van der Waals surface area contributed by atoms with Gasteiger partial charge in [0.2, 0.25) is 0 Å². The van der Waals surface area contributed by atoms with E-state index in [9.17, 15) is 9.59 Å². The van der Waals surface area contributed by atoms with Crippen LogP contribution in [-0.4, -0.2) is 37.0 Å². The minimum atomic E-state index is -0.850. The van der Waals surface area contributed by atoms with Crippen LogP contribution in [0, 0.1) is 0 Å². The molecule has 0 N–H and O–H groups in total. The first kappa shape index (κ1) is 19.2. The van der Waals surface area contributed by atoms with Gasteiger partial charge in [-0.2, -0.15) is 0 Å². The fraction of sp³-hybridized carbons (Fsp3) is 0.238. The predicted octanol–water partition coefficient (Wildman–Crippen LogP) is 3.30. The van der Waals surface area contributed by atoms with Crippen LogP contribution in [0.3, 0.4) is 0 Å². The number of carbonyl (C=O) groups is 2. The lowest BCUT2D eigenvalue weighted by atomic mass is 10.2. The van der Waals surface area contributed by atoms with E-state index in [2.05, 4.69) is 0 Å². The Morgan fingerprint density at radius 3 is 2.35 bits per heavy atom. The molecule has 0 aliphatic heterocycles. The number of likely N-dealkylation sites (N-methyl/N-ethyl adjacent to an activating group) is 1. The van der Waals surface area contributed by atoms with Crippen LogP contribution in [-0.2, 0) is 20.9 Å². The zero-order valence-corrected chi connectivity index (χ0v) is 15.2. The van der Waals surface area contributed by atoms with E-state index in [0.29, 0.717) is 6.54 Å². The van der Waals surface area contributed by atoms with Crippen molar-refractivity contribution >= 4 is 18.0 Å². The van der Waals surface area contributed by atoms with Crippen molar-refractivity contribution in [2.24, 2.45) is 0 Å². The van der Waals surface area contributed by atoms with Gasteiger partial charge in [0.1, 0.15) is 5.75 Å². The Labute approximate surface area is 153 Å². The van der Waals surface area contributed by atoms with Crippen LogP contribution in [0.1, 0.15) is 18.1 Å². The molecular weight excluding hydrogens is 330 g/mol. The van der Waals surface area contributed by atoms with Crippen LogP contribution < -0.4 is 4.74 Å². The molecule has 0 spiro atoms. The van der Waals surface area contributed by atoms with Crippen LogP contribution >= 0.6 is 0 Å². The summed E-state index contributed by atoms with van der Waals surface area (Å²) in [6, 6.07) is 16.9. The number of carbonyl (C=O) groups excluding carboxylic acids is 2. The number of ether oxygens (including phenoxy) is 2. The van der Waals surface area contributed by atoms with Gasteiger partial charge in [-0.1, -0.05) is 42.5 Å². The Bertz CT molecular complexity index is 753. The molecule has 0 fully saturated rings. The van der Waals surface area contributed by atoms with E-state index < -0.39 is 12.1 Å². The number of amides is 1. The molecule has 0 bridgehead atoms. The van der Waals surface area contributed by atoms with Crippen LogP contribution in [0.25, 0.3) is 6.08 Å². The van der Waals surface area contributed by atoms with Gasteiger partial charge in [0.15, 0.2) is 6.10 Å². The van der Waals surface area contributed by atoms with Gasteiger partial charge in [0.25, 0.3) is 5.91 Å². The third-order valence-corrected chi connectivity index (χ3v) is 3.81. The maximum absolute atomic E-state index is 12.3. The molecule has 0 radical (unpaired) electrons. The lowest BCUT2D eigenvalue weighted by molar-refractivity contribution is -0.154. The van der Waals surface area contributed by atoms with Crippen LogP contribution in [0.15, 0.2) is 60.7 Å². The minimum absolute atomic E-state index is 0.250. The number of hydrogen-bond donors (Lipinski definition) is 0. The highest BCUT2D eigenvalue weighted by Crippen LogP contribution is 2.12. The van der Waals surface area contributed by atoms with Crippen molar-refractivity contribution in [3.8, 4) is 5.75 Å². The molecule has 0 saturated heterocycles. The number of rotatable bonds is 7. The van der Waals surface area contributed by atoms with Gasteiger partial charge in [0.05, 0.1) is 7.11 Å². The van der Waals surface area contributed by atoms with E-state index in [0.717, 1.165) is 16.9 Å². The summed E-state index contributed by atoms with van der Waals surface area (Å²) >= 11 is 0. The summed E-state index contributed by atoms with van der Waals surface area (Å²) in [5, 5.41) is 0. The summed E-state index contributed by atoms with van der Waals surface area (Å²) in [5.41, 5.74) is 1.85. The molecule has 0 aliphatic rings. The first-order valence-electron chi connectivity index (χ1n) is 8.31. The molecule has 5 heteroatoms. The average Bonchev–Trinajstić information content (AvgIpc) is 2.66.